The summed E-state index contributed by atoms with van der Waals surface area (Å²) in [5.74, 6) is 0. The van der Waals surface area contributed by atoms with Gasteiger partial charge in [0.05, 0.1) is 4.90 Å². The molecule has 0 spiro atoms. The molecule has 0 amide bonds. The topological polar surface area (TPSA) is 80.4 Å². The van der Waals surface area contributed by atoms with Gasteiger partial charge >= 0.3 is 0 Å². The van der Waals surface area contributed by atoms with Gasteiger partial charge in [-0.15, -0.1) is 0 Å². The molecule has 4 nitrogen and oxygen atoms in total. The number of nitrogen functional groups attached to an aromatic ring is 1. The van der Waals surface area contributed by atoms with Gasteiger partial charge in [-0.1, -0.05) is 0 Å². The summed E-state index contributed by atoms with van der Waals surface area (Å²) in [5, 5.41) is 0. The van der Waals surface area contributed by atoms with Crippen LogP contribution in [0.3, 0.4) is 0 Å². The third-order valence-corrected chi connectivity index (χ3v) is 2.05. The predicted octanol–water partition coefficient (Wildman–Crippen LogP) is 0.513. The standard InChI is InChI=1S/C6H7NO3S.Co/c7-5-1-3-6(4-2-5)11(8,9)10;/h1-4H,7H2,(H,8,9,10);. The van der Waals surface area contributed by atoms with Crippen LogP contribution in [0.2, 0.25) is 0 Å². The summed E-state index contributed by atoms with van der Waals surface area (Å²) >= 11 is 0. The van der Waals surface area contributed by atoms with Crippen LogP contribution >= 0.6 is 0 Å². The Morgan fingerprint density at radius 3 is 1.92 bits per heavy atom. The summed E-state index contributed by atoms with van der Waals surface area (Å²) in [4.78, 5) is -0.147. The fourth-order valence-electron chi connectivity index (χ4n) is 0.640. The van der Waals surface area contributed by atoms with Crippen molar-refractivity contribution in [1.82, 2.24) is 0 Å². The molecule has 1 rings (SSSR count). The Bertz CT molecular complexity index is 346. The van der Waals surface area contributed by atoms with Gasteiger partial charge in [0, 0.05) is 22.5 Å². The summed E-state index contributed by atoms with van der Waals surface area (Å²) in [5.41, 5.74) is 5.75. The second-order valence-corrected chi connectivity index (χ2v) is 3.47. The van der Waals surface area contributed by atoms with Gasteiger partial charge < -0.3 is 5.73 Å². The number of nitrogens with two attached hydrogens (primary N) is 1. The molecule has 0 atom stereocenters. The van der Waals surface area contributed by atoms with Gasteiger partial charge in [0.15, 0.2) is 0 Å². The quantitative estimate of drug-likeness (QED) is 0.546. The molecular formula is C6H7CoNO3S. The Morgan fingerprint density at radius 1 is 1.17 bits per heavy atom. The SMILES string of the molecule is Nc1ccc(S(=O)(=O)O)cc1.[Co]. The van der Waals surface area contributed by atoms with Gasteiger partial charge in [-0.3, -0.25) is 4.55 Å². The van der Waals surface area contributed by atoms with Crippen molar-refractivity contribution in [3.63, 3.8) is 0 Å². The molecule has 3 N–H and O–H groups in total. The van der Waals surface area contributed by atoms with Crippen LogP contribution in [0, 0.1) is 0 Å². The van der Waals surface area contributed by atoms with E-state index in [9.17, 15) is 8.42 Å². The summed E-state index contributed by atoms with van der Waals surface area (Å²) in [6.45, 7) is 0. The predicted molar refractivity (Wildman–Crippen MR) is 40.7 cm³/mol. The number of rotatable bonds is 1. The Morgan fingerprint density at radius 2 is 1.58 bits per heavy atom. The van der Waals surface area contributed by atoms with Crippen molar-refractivity contribution in [2.24, 2.45) is 0 Å². The third-order valence-electron chi connectivity index (χ3n) is 1.18. The molecule has 0 unspecified atom stereocenters. The first-order chi connectivity index (χ1) is 5.00. The maximum absolute atomic E-state index is 10.5. The zero-order chi connectivity index (χ0) is 8.48. The van der Waals surface area contributed by atoms with Crippen LogP contribution in [0.5, 0.6) is 0 Å². The Kier molecular flexibility index (Phi) is 3.72. The molecule has 1 radical (unpaired) electrons. The van der Waals surface area contributed by atoms with E-state index in [2.05, 4.69) is 0 Å². The molecule has 6 heteroatoms. The van der Waals surface area contributed by atoms with Crippen molar-refractivity contribution in [3.8, 4) is 0 Å². The first-order valence-electron chi connectivity index (χ1n) is 2.83. The summed E-state index contributed by atoms with van der Waals surface area (Å²) in [6, 6.07) is 5.29. The molecule has 0 saturated carbocycles. The number of anilines is 1. The van der Waals surface area contributed by atoms with Crippen LogP contribution < -0.4 is 5.73 Å². The second-order valence-electron chi connectivity index (χ2n) is 2.04. The normalized spacial score (nSPS) is 10.4. The van der Waals surface area contributed by atoms with E-state index in [0.717, 1.165) is 0 Å². The van der Waals surface area contributed by atoms with Gasteiger partial charge in [-0.2, -0.15) is 8.42 Å². The zero-order valence-corrected chi connectivity index (χ0v) is 7.75. The van der Waals surface area contributed by atoms with Gasteiger partial charge in [0.2, 0.25) is 0 Å². The molecule has 12 heavy (non-hydrogen) atoms. The van der Waals surface area contributed by atoms with E-state index in [1.165, 1.54) is 24.3 Å². The first-order valence-corrected chi connectivity index (χ1v) is 4.27. The summed E-state index contributed by atoms with van der Waals surface area (Å²) in [6.07, 6.45) is 0. The van der Waals surface area contributed by atoms with Crippen molar-refractivity contribution in [1.29, 1.82) is 0 Å². The Labute approximate surface area is 80.7 Å². The van der Waals surface area contributed by atoms with Gasteiger partial charge in [-0.05, 0) is 24.3 Å². The fraction of sp³-hybridized carbons (Fsp3) is 0. The van der Waals surface area contributed by atoms with Crippen LogP contribution in [0.15, 0.2) is 29.2 Å². The molecule has 0 aliphatic rings. The minimum atomic E-state index is -4.08. The minimum Gasteiger partial charge on any atom is -0.399 e. The van der Waals surface area contributed by atoms with E-state index in [1.54, 1.807) is 0 Å². The van der Waals surface area contributed by atoms with Crippen LogP contribution in [0.4, 0.5) is 5.69 Å². The molecule has 0 heterocycles. The molecule has 1 aromatic rings. The van der Waals surface area contributed by atoms with Crippen molar-refractivity contribution in [2.45, 2.75) is 4.90 Å². The Hall–Kier alpha value is -0.564. The largest absolute Gasteiger partial charge is 0.399 e. The van der Waals surface area contributed by atoms with Gasteiger partial charge in [0.1, 0.15) is 0 Å². The Balaban J connectivity index is 0.00000121. The van der Waals surface area contributed by atoms with E-state index in [0.29, 0.717) is 5.69 Å². The maximum Gasteiger partial charge on any atom is 0.294 e. The molecule has 0 aliphatic carbocycles. The minimum absolute atomic E-state index is 0. The van der Waals surface area contributed by atoms with E-state index >= 15 is 0 Å². The molecule has 0 bridgehead atoms. The van der Waals surface area contributed by atoms with Gasteiger partial charge in [-0.25, -0.2) is 0 Å². The van der Waals surface area contributed by atoms with Crippen molar-refractivity contribution < 1.29 is 29.7 Å². The molecule has 0 aromatic heterocycles. The van der Waals surface area contributed by atoms with E-state index in [-0.39, 0.29) is 21.7 Å². The van der Waals surface area contributed by atoms with Crippen molar-refractivity contribution >= 4 is 15.8 Å². The molecule has 1 aromatic carbocycles. The molecular weight excluding hydrogens is 225 g/mol. The molecule has 69 valence electrons. The van der Waals surface area contributed by atoms with E-state index < -0.39 is 10.1 Å². The average Bonchev–Trinajstić information content (AvgIpc) is 1.86. The molecule has 0 aliphatic heterocycles. The monoisotopic (exact) mass is 232 g/mol. The van der Waals surface area contributed by atoms with Crippen LogP contribution in [0.25, 0.3) is 0 Å². The molecule has 0 fully saturated rings. The van der Waals surface area contributed by atoms with Crippen molar-refractivity contribution in [3.05, 3.63) is 24.3 Å². The van der Waals surface area contributed by atoms with Crippen LogP contribution in [0.1, 0.15) is 0 Å². The van der Waals surface area contributed by atoms with E-state index in [4.69, 9.17) is 10.3 Å². The average molecular weight is 232 g/mol. The summed E-state index contributed by atoms with van der Waals surface area (Å²) < 4.78 is 29.4. The third kappa shape index (κ3) is 2.82. The van der Waals surface area contributed by atoms with Gasteiger partial charge in [0.25, 0.3) is 10.1 Å². The van der Waals surface area contributed by atoms with Crippen molar-refractivity contribution in [2.75, 3.05) is 5.73 Å². The van der Waals surface area contributed by atoms with Crippen LogP contribution in [-0.2, 0) is 26.9 Å². The maximum atomic E-state index is 10.5. The zero-order valence-electron chi connectivity index (χ0n) is 5.89. The number of hydrogen-bond acceptors (Lipinski definition) is 3. The summed E-state index contributed by atoms with van der Waals surface area (Å²) in [7, 11) is -4.08. The fourth-order valence-corrected chi connectivity index (χ4v) is 1.12. The first kappa shape index (κ1) is 11.4. The number of benzene rings is 1. The number of hydrogen-bond donors (Lipinski definition) is 2. The smallest absolute Gasteiger partial charge is 0.294 e. The van der Waals surface area contributed by atoms with Crippen LogP contribution in [-0.4, -0.2) is 13.0 Å². The molecule has 0 saturated heterocycles. The second kappa shape index (κ2) is 3.90. The van der Waals surface area contributed by atoms with E-state index in [1.807, 2.05) is 0 Å².